The molecular formula is C46H48N3O9S3+. The minimum atomic E-state index is -4.34. The van der Waals surface area contributed by atoms with Gasteiger partial charge in [-0.1, -0.05) is 60.7 Å². The van der Waals surface area contributed by atoms with Crippen molar-refractivity contribution in [3.8, 4) is 0 Å². The number of anilines is 2. The molecule has 1 aliphatic rings. The normalized spacial score (nSPS) is 13.0. The molecule has 6 rings (SSSR count). The molecule has 0 radical (unpaired) electrons. The van der Waals surface area contributed by atoms with Crippen LogP contribution in [0.5, 0.6) is 0 Å². The second-order valence-electron chi connectivity index (χ2n) is 14.4. The van der Waals surface area contributed by atoms with Gasteiger partial charge >= 0.3 is 0 Å². The Morgan fingerprint density at radius 1 is 0.508 bits per heavy atom. The molecule has 0 unspecified atom stereocenters. The maximum atomic E-state index is 11.8. The first kappa shape index (κ1) is 44.9. The Labute approximate surface area is 358 Å². The van der Waals surface area contributed by atoms with Crippen molar-refractivity contribution in [2.24, 2.45) is 0 Å². The van der Waals surface area contributed by atoms with Crippen molar-refractivity contribution < 1.29 is 43.5 Å². The highest BCUT2D eigenvalue weighted by molar-refractivity contribution is 7.86. The molecular weight excluding hydrogens is 835 g/mol. The summed E-state index contributed by atoms with van der Waals surface area (Å²) >= 11 is 0. The molecule has 0 bridgehead atoms. The smallest absolute Gasteiger partial charge is 0.294 e. The Balaban J connectivity index is 1.35. The summed E-state index contributed by atoms with van der Waals surface area (Å²) in [5.74, 6) is 0. The molecule has 1 aliphatic carbocycles. The number of allylic oxidation sites excluding steroid dienone is 5. The van der Waals surface area contributed by atoms with Gasteiger partial charge in [0.2, 0.25) is 0 Å². The predicted molar refractivity (Wildman–Crippen MR) is 239 cm³/mol. The molecule has 5 aromatic rings. The van der Waals surface area contributed by atoms with Crippen LogP contribution in [0.2, 0.25) is 0 Å². The Morgan fingerprint density at radius 3 is 1.25 bits per heavy atom. The summed E-state index contributed by atoms with van der Waals surface area (Å²) < 4.78 is 102. The van der Waals surface area contributed by atoms with E-state index in [-0.39, 0.29) is 14.7 Å². The van der Waals surface area contributed by atoms with Crippen LogP contribution in [0.25, 0.3) is 5.57 Å². The average Bonchev–Trinajstić information content (AvgIpc) is 3.24. The molecule has 318 valence electrons. The molecule has 3 N–H and O–H groups in total. The lowest BCUT2D eigenvalue weighted by Crippen LogP contribution is -2.22. The number of rotatable bonds is 16. The molecule has 5 aromatic carbocycles. The van der Waals surface area contributed by atoms with Crippen LogP contribution in [0.15, 0.2) is 166 Å². The molecule has 61 heavy (non-hydrogen) atoms. The van der Waals surface area contributed by atoms with Crippen molar-refractivity contribution in [3.63, 3.8) is 0 Å². The van der Waals surface area contributed by atoms with Gasteiger partial charge in [0, 0.05) is 55.3 Å². The Hall–Kier alpha value is -5.68. The zero-order chi connectivity index (χ0) is 44.0. The van der Waals surface area contributed by atoms with Crippen LogP contribution < -0.4 is 9.80 Å². The van der Waals surface area contributed by atoms with Gasteiger partial charge in [-0.15, -0.1) is 0 Å². The Kier molecular flexibility index (Phi) is 13.9. The Morgan fingerprint density at radius 2 is 0.885 bits per heavy atom. The van der Waals surface area contributed by atoms with Crippen LogP contribution in [-0.4, -0.2) is 68.8 Å². The quantitative estimate of drug-likeness (QED) is 0.0646. The van der Waals surface area contributed by atoms with Crippen LogP contribution in [0.4, 0.5) is 11.4 Å². The van der Waals surface area contributed by atoms with Crippen molar-refractivity contribution in [1.29, 1.82) is 0 Å². The fourth-order valence-electron chi connectivity index (χ4n) is 7.25. The molecule has 0 saturated carbocycles. The topological polar surface area (TPSA) is 173 Å². The van der Waals surface area contributed by atoms with Crippen molar-refractivity contribution in [1.82, 2.24) is 0 Å². The van der Waals surface area contributed by atoms with Gasteiger partial charge < -0.3 is 9.80 Å². The van der Waals surface area contributed by atoms with E-state index in [0.717, 1.165) is 56.0 Å². The van der Waals surface area contributed by atoms with Crippen LogP contribution in [0, 0.1) is 0 Å². The molecule has 0 heterocycles. The van der Waals surface area contributed by atoms with Crippen LogP contribution in [-0.2, 0) is 50.0 Å². The summed E-state index contributed by atoms with van der Waals surface area (Å²) in [5, 5.41) is 0. The number of hydrogen-bond acceptors (Lipinski definition) is 8. The standard InChI is InChI=1S/C46H47N3O9S3/c1-4-47(31-34-10-7-13-43(28-34)59(50,51)52)40-22-16-37(17-23-40)46(38-18-24-41(25-19-38)48(5-2)32-35-11-8-14-44(29-35)60(53,54)55)39-20-26-42(27-21-39)49(6-3)33-36-12-9-15-45(30-36)61(56,57)58/h7-30H,4-6,31-33H2,1-3H3,(H2-,50,51,52,53,54,55,56,57,58)/p+1. The van der Waals surface area contributed by atoms with E-state index in [1.54, 1.807) is 18.2 Å². The second-order valence-corrected chi connectivity index (χ2v) is 18.7. The first-order chi connectivity index (χ1) is 29.0. The zero-order valence-electron chi connectivity index (χ0n) is 34.0. The predicted octanol–water partition coefficient (Wildman–Crippen LogP) is 8.08. The van der Waals surface area contributed by atoms with Gasteiger partial charge in [-0.2, -0.15) is 25.3 Å². The van der Waals surface area contributed by atoms with Gasteiger partial charge in [0.15, 0.2) is 12.3 Å². The van der Waals surface area contributed by atoms with Crippen molar-refractivity contribution in [3.05, 3.63) is 179 Å². The molecule has 12 nitrogen and oxygen atoms in total. The highest BCUT2D eigenvalue weighted by Gasteiger charge is 2.19. The molecule has 0 fully saturated rings. The third-order valence-electron chi connectivity index (χ3n) is 10.4. The molecule has 15 heteroatoms. The molecule has 0 aliphatic heterocycles. The van der Waals surface area contributed by atoms with Crippen LogP contribution >= 0.6 is 0 Å². The van der Waals surface area contributed by atoms with Gasteiger partial charge in [0.05, 0.1) is 14.7 Å². The summed E-state index contributed by atoms with van der Waals surface area (Å²) in [4.78, 5) is 3.73. The van der Waals surface area contributed by atoms with E-state index in [2.05, 4.69) is 14.4 Å². The summed E-state index contributed by atoms with van der Waals surface area (Å²) in [6.07, 6.45) is 8.14. The SMILES string of the molecule is CCN(Cc1cccc(S(=O)(=O)O)c1)c1ccc(C(=C2C=CC(=[N+](CC)Cc3cccc(S(=O)(=O)O)c3)C=C2)c2ccc(N(CC)Cc3cccc(S(=O)(=O)O)c3)cc2)cc1. The van der Waals surface area contributed by atoms with E-state index in [1.165, 1.54) is 36.4 Å². The maximum absolute atomic E-state index is 11.8. The number of hydrogen-bond donors (Lipinski definition) is 3. The number of benzene rings is 5. The minimum absolute atomic E-state index is 0.158. The lowest BCUT2D eigenvalue weighted by molar-refractivity contribution is -0.539. The molecule has 0 aromatic heterocycles. The maximum Gasteiger partial charge on any atom is 0.294 e. The molecule has 0 spiro atoms. The van der Waals surface area contributed by atoms with Crippen molar-refractivity contribution in [2.45, 2.75) is 55.1 Å². The lowest BCUT2D eigenvalue weighted by Gasteiger charge is -2.25. The number of nitrogens with zero attached hydrogens (tertiary/aromatic N) is 3. The Bertz CT molecular complexity index is 2720. The van der Waals surface area contributed by atoms with E-state index in [9.17, 15) is 38.9 Å². The van der Waals surface area contributed by atoms with E-state index in [1.807, 2.05) is 112 Å². The monoisotopic (exact) mass is 882 g/mol. The average molecular weight is 883 g/mol. The summed E-state index contributed by atoms with van der Waals surface area (Å²) in [5.41, 5.74) is 8.73. The fourth-order valence-corrected chi connectivity index (χ4v) is 8.90. The molecule has 0 amide bonds. The fraction of sp³-hybridized carbons (Fsp3) is 0.196. The highest BCUT2D eigenvalue weighted by Crippen LogP contribution is 2.33. The van der Waals surface area contributed by atoms with E-state index in [4.69, 9.17) is 0 Å². The van der Waals surface area contributed by atoms with E-state index < -0.39 is 30.4 Å². The van der Waals surface area contributed by atoms with Gasteiger partial charge in [0.1, 0.15) is 6.54 Å². The zero-order valence-corrected chi connectivity index (χ0v) is 36.4. The van der Waals surface area contributed by atoms with Gasteiger partial charge in [-0.3, -0.25) is 13.7 Å². The first-order valence-corrected chi connectivity index (χ1v) is 23.9. The van der Waals surface area contributed by atoms with Crippen LogP contribution in [0.3, 0.4) is 0 Å². The highest BCUT2D eigenvalue weighted by atomic mass is 32.2. The van der Waals surface area contributed by atoms with Crippen molar-refractivity contribution >= 4 is 53.0 Å². The van der Waals surface area contributed by atoms with Gasteiger partial charge in [-0.25, -0.2) is 4.58 Å². The van der Waals surface area contributed by atoms with Crippen LogP contribution in [0.1, 0.15) is 48.6 Å². The third kappa shape index (κ3) is 11.4. The van der Waals surface area contributed by atoms with Gasteiger partial charge in [0.25, 0.3) is 30.4 Å². The summed E-state index contributed by atoms with van der Waals surface area (Å²) in [6.45, 7) is 9.19. The second kappa shape index (κ2) is 18.9. The third-order valence-corrected chi connectivity index (χ3v) is 13.0. The largest absolute Gasteiger partial charge is 0.367 e. The molecule has 0 atom stereocenters. The molecule has 0 saturated heterocycles. The lowest BCUT2D eigenvalue weighted by atomic mass is 9.90. The van der Waals surface area contributed by atoms with E-state index in [0.29, 0.717) is 39.3 Å². The minimum Gasteiger partial charge on any atom is -0.367 e. The first-order valence-electron chi connectivity index (χ1n) is 19.6. The van der Waals surface area contributed by atoms with Gasteiger partial charge in [-0.05, 0) is 127 Å². The summed E-state index contributed by atoms with van der Waals surface area (Å²) in [7, 11) is -13.0. The summed E-state index contributed by atoms with van der Waals surface area (Å²) in [6, 6.07) is 35.0. The van der Waals surface area contributed by atoms with E-state index >= 15 is 0 Å². The van der Waals surface area contributed by atoms with Crippen molar-refractivity contribution in [2.75, 3.05) is 29.4 Å².